The fraction of sp³-hybridized carbons (Fsp3) is 0.400. The van der Waals surface area contributed by atoms with E-state index in [1.54, 1.807) is 0 Å². The maximum absolute atomic E-state index is 13.0. The lowest BCUT2D eigenvalue weighted by atomic mass is 10.0. The summed E-state index contributed by atoms with van der Waals surface area (Å²) in [5.74, 6) is -5.98. The van der Waals surface area contributed by atoms with Gasteiger partial charge in [0.25, 0.3) is 0 Å². The molecule has 0 bridgehead atoms. The molecule has 0 radical (unpaired) electrons. The largest absolute Gasteiger partial charge is 0.455 e. The Morgan fingerprint density at radius 3 is 2.06 bits per heavy atom. The molecule has 0 fully saturated rings. The lowest BCUT2D eigenvalue weighted by Gasteiger charge is -2.25. The Balaban J connectivity index is 3.27. The van der Waals surface area contributed by atoms with E-state index in [4.69, 9.17) is 23.2 Å². The summed E-state index contributed by atoms with van der Waals surface area (Å²) in [5, 5.41) is -3.30. The third-order valence-electron chi connectivity index (χ3n) is 2.25. The third-order valence-corrected chi connectivity index (χ3v) is 3.08. The quantitative estimate of drug-likeness (QED) is 0.516. The van der Waals surface area contributed by atoms with Crippen molar-refractivity contribution >= 4 is 23.2 Å². The molecule has 1 aromatic carbocycles. The molecule has 0 saturated carbocycles. The minimum absolute atomic E-state index is 0.127. The zero-order chi connectivity index (χ0) is 14.3. The molecular formula is C10H6Cl2F6. The van der Waals surface area contributed by atoms with Gasteiger partial charge in [-0.15, -0.1) is 11.6 Å². The van der Waals surface area contributed by atoms with E-state index in [-0.39, 0.29) is 5.56 Å². The second-order valence-electron chi connectivity index (χ2n) is 3.61. The van der Waals surface area contributed by atoms with Crippen LogP contribution in [0.15, 0.2) is 12.1 Å². The van der Waals surface area contributed by atoms with Crippen molar-refractivity contribution in [3.8, 4) is 0 Å². The predicted molar refractivity (Wildman–Crippen MR) is 55.7 cm³/mol. The molecule has 0 saturated heterocycles. The van der Waals surface area contributed by atoms with Crippen molar-refractivity contribution < 1.29 is 26.3 Å². The predicted octanol–water partition coefficient (Wildman–Crippen LogP) is 5.27. The number of hydrogen-bond donors (Lipinski definition) is 0. The van der Waals surface area contributed by atoms with Crippen LogP contribution in [0.25, 0.3) is 0 Å². The molecule has 0 N–H and O–H groups in total. The van der Waals surface area contributed by atoms with Gasteiger partial charge in [0, 0.05) is 5.02 Å². The van der Waals surface area contributed by atoms with E-state index >= 15 is 0 Å². The first-order valence-corrected chi connectivity index (χ1v) is 5.34. The molecule has 0 amide bonds. The van der Waals surface area contributed by atoms with E-state index in [2.05, 4.69) is 0 Å². The highest BCUT2D eigenvalue weighted by molar-refractivity contribution is 6.33. The summed E-state index contributed by atoms with van der Waals surface area (Å²) in [7, 11) is 0. The minimum atomic E-state index is -5.81. The van der Waals surface area contributed by atoms with Crippen LogP contribution < -0.4 is 0 Å². The van der Waals surface area contributed by atoms with Crippen LogP contribution in [0.1, 0.15) is 16.5 Å². The van der Waals surface area contributed by atoms with E-state index in [0.29, 0.717) is 6.07 Å². The van der Waals surface area contributed by atoms with Gasteiger partial charge in [0.15, 0.2) is 0 Å². The van der Waals surface area contributed by atoms with Gasteiger partial charge < -0.3 is 0 Å². The monoisotopic (exact) mass is 310 g/mol. The minimum Gasteiger partial charge on any atom is -0.207 e. The number of alkyl halides is 6. The standard InChI is InChI=1S/C10H6Cl2F6/c1-4-2-5(6(11)3-7(4)13)8(12)9(14,15)10(16,17)18/h2-3,8H,1H3. The molecule has 0 aliphatic heterocycles. The molecule has 0 nitrogen and oxygen atoms in total. The van der Waals surface area contributed by atoms with Gasteiger partial charge in [-0.1, -0.05) is 11.6 Å². The summed E-state index contributed by atoms with van der Waals surface area (Å²) < 4.78 is 75.4. The summed E-state index contributed by atoms with van der Waals surface area (Å²) in [6.07, 6.45) is -5.81. The molecular weight excluding hydrogens is 305 g/mol. The summed E-state index contributed by atoms with van der Waals surface area (Å²) in [6, 6.07) is 1.42. The van der Waals surface area contributed by atoms with Gasteiger partial charge >= 0.3 is 12.1 Å². The molecule has 1 aromatic rings. The van der Waals surface area contributed by atoms with Crippen LogP contribution in [0.2, 0.25) is 5.02 Å². The summed E-state index contributed by atoms with van der Waals surface area (Å²) in [5.41, 5.74) is -0.794. The molecule has 0 aliphatic carbocycles. The first kappa shape index (κ1) is 15.4. The maximum atomic E-state index is 13.0. The molecule has 0 aliphatic rings. The smallest absolute Gasteiger partial charge is 0.207 e. The number of benzene rings is 1. The van der Waals surface area contributed by atoms with E-state index in [1.807, 2.05) is 0 Å². The molecule has 1 rings (SSSR count). The molecule has 0 aromatic heterocycles. The van der Waals surface area contributed by atoms with E-state index in [1.165, 1.54) is 6.92 Å². The van der Waals surface area contributed by atoms with Crippen molar-refractivity contribution in [3.05, 3.63) is 34.1 Å². The third kappa shape index (κ3) is 2.69. The van der Waals surface area contributed by atoms with Crippen LogP contribution in [0.3, 0.4) is 0 Å². The zero-order valence-electron chi connectivity index (χ0n) is 8.76. The first-order valence-electron chi connectivity index (χ1n) is 4.52. The topological polar surface area (TPSA) is 0 Å². The Labute approximate surface area is 108 Å². The average molecular weight is 311 g/mol. The van der Waals surface area contributed by atoms with Gasteiger partial charge in [0.05, 0.1) is 0 Å². The highest BCUT2D eigenvalue weighted by Gasteiger charge is 2.62. The van der Waals surface area contributed by atoms with Gasteiger partial charge in [-0.2, -0.15) is 22.0 Å². The molecule has 0 spiro atoms. The molecule has 8 heteroatoms. The number of halogens is 8. The Kier molecular flexibility index (Phi) is 4.13. The van der Waals surface area contributed by atoms with Crippen molar-refractivity contribution in [2.75, 3.05) is 0 Å². The van der Waals surface area contributed by atoms with Crippen molar-refractivity contribution in [3.63, 3.8) is 0 Å². The average Bonchev–Trinajstić information content (AvgIpc) is 2.20. The van der Waals surface area contributed by atoms with Gasteiger partial charge in [0.1, 0.15) is 11.2 Å². The highest BCUT2D eigenvalue weighted by Crippen LogP contribution is 2.49. The Morgan fingerprint density at radius 2 is 1.61 bits per heavy atom. The summed E-state index contributed by atoms with van der Waals surface area (Å²) >= 11 is 10.6. The van der Waals surface area contributed by atoms with Crippen LogP contribution in [-0.2, 0) is 0 Å². The van der Waals surface area contributed by atoms with Crippen LogP contribution in [-0.4, -0.2) is 12.1 Å². The Hall–Kier alpha value is -0.620. The van der Waals surface area contributed by atoms with E-state index < -0.39 is 33.9 Å². The fourth-order valence-corrected chi connectivity index (χ4v) is 1.83. The van der Waals surface area contributed by atoms with Gasteiger partial charge in [0.2, 0.25) is 0 Å². The molecule has 1 unspecified atom stereocenters. The molecule has 0 heterocycles. The normalized spacial score (nSPS) is 14.7. The van der Waals surface area contributed by atoms with Gasteiger partial charge in [-0.3, -0.25) is 0 Å². The van der Waals surface area contributed by atoms with Crippen molar-refractivity contribution in [1.29, 1.82) is 0 Å². The van der Waals surface area contributed by atoms with Crippen LogP contribution in [0.5, 0.6) is 0 Å². The number of aryl methyl sites for hydroxylation is 1. The lowest BCUT2D eigenvalue weighted by Crippen LogP contribution is -2.40. The maximum Gasteiger partial charge on any atom is 0.455 e. The van der Waals surface area contributed by atoms with Gasteiger partial charge in [-0.05, 0) is 30.2 Å². The van der Waals surface area contributed by atoms with Gasteiger partial charge in [-0.25, -0.2) is 4.39 Å². The lowest BCUT2D eigenvalue weighted by molar-refractivity contribution is -0.283. The SMILES string of the molecule is Cc1cc(C(Cl)C(F)(F)C(F)(F)F)c(Cl)cc1F. The van der Waals surface area contributed by atoms with Crippen LogP contribution >= 0.6 is 23.2 Å². The molecule has 1 atom stereocenters. The number of rotatable bonds is 2. The van der Waals surface area contributed by atoms with E-state index in [0.717, 1.165) is 6.07 Å². The number of hydrogen-bond acceptors (Lipinski definition) is 0. The second kappa shape index (κ2) is 4.81. The summed E-state index contributed by atoms with van der Waals surface area (Å²) in [4.78, 5) is 0. The van der Waals surface area contributed by atoms with Crippen molar-refractivity contribution in [2.24, 2.45) is 0 Å². The van der Waals surface area contributed by atoms with Crippen molar-refractivity contribution in [1.82, 2.24) is 0 Å². The molecule has 102 valence electrons. The Morgan fingerprint density at radius 1 is 1.11 bits per heavy atom. The van der Waals surface area contributed by atoms with Crippen molar-refractivity contribution in [2.45, 2.75) is 24.4 Å². The summed E-state index contributed by atoms with van der Waals surface area (Å²) in [6.45, 7) is 1.20. The fourth-order valence-electron chi connectivity index (χ4n) is 1.21. The van der Waals surface area contributed by atoms with Crippen LogP contribution in [0, 0.1) is 12.7 Å². The Bertz CT molecular complexity index is 454. The van der Waals surface area contributed by atoms with E-state index in [9.17, 15) is 26.3 Å². The first-order chi connectivity index (χ1) is 7.98. The molecule has 18 heavy (non-hydrogen) atoms. The zero-order valence-corrected chi connectivity index (χ0v) is 10.3. The highest BCUT2D eigenvalue weighted by atomic mass is 35.5. The van der Waals surface area contributed by atoms with Crippen LogP contribution in [0.4, 0.5) is 26.3 Å². The second-order valence-corrected chi connectivity index (χ2v) is 4.45.